The van der Waals surface area contributed by atoms with E-state index >= 15 is 0 Å². The van der Waals surface area contributed by atoms with Crippen LogP contribution >= 0.6 is 0 Å². The zero-order valence-corrected chi connectivity index (χ0v) is 11.2. The van der Waals surface area contributed by atoms with E-state index in [1.54, 1.807) is 0 Å². The van der Waals surface area contributed by atoms with Crippen LogP contribution in [0.2, 0.25) is 0 Å². The summed E-state index contributed by atoms with van der Waals surface area (Å²) in [6.45, 7) is 3.76. The first-order chi connectivity index (χ1) is 7.98. The monoisotopic (exact) mass is 259 g/mol. The maximum atomic E-state index is 12.2. The third kappa shape index (κ3) is 3.21. The average molecular weight is 259 g/mol. The van der Waals surface area contributed by atoms with Crippen LogP contribution in [0.15, 0.2) is 0 Å². The van der Waals surface area contributed by atoms with Gasteiger partial charge in [0.25, 0.3) is 0 Å². The second-order valence-corrected chi connectivity index (χ2v) is 7.71. The summed E-state index contributed by atoms with van der Waals surface area (Å²) >= 11 is 0. The molecule has 0 aliphatic carbocycles. The molecule has 98 valence electrons. The predicted octanol–water partition coefficient (Wildman–Crippen LogP) is 1.07. The molecule has 2 atom stereocenters. The molecule has 2 unspecified atom stereocenters. The van der Waals surface area contributed by atoms with E-state index in [-0.39, 0.29) is 23.3 Å². The molecule has 1 amide bonds. The molecule has 17 heavy (non-hydrogen) atoms. The lowest BCUT2D eigenvalue weighted by Gasteiger charge is -2.34. The fourth-order valence-corrected chi connectivity index (χ4v) is 4.56. The van der Waals surface area contributed by atoms with Crippen molar-refractivity contribution in [2.75, 3.05) is 24.6 Å². The molecule has 2 aliphatic heterocycles. The molecule has 0 saturated carbocycles. The molecule has 0 N–H and O–H groups in total. The molecule has 5 heteroatoms. The van der Waals surface area contributed by atoms with Gasteiger partial charge in [-0.15, -0.1) is 0 Å². The molecule has 0 aromatic rings. The highest BCUT2D eigenvalue weighted by Gasteiger charge is 2.33. The van der Waals surface area contributed by atoms with Crippen molar-refractivity contribution < 1.29 is 13.2 Å². The van der Waals surface area contributed by atoms with Gasteiger partial charge in [0.1, 0.15) is 0 Å². The molecule has 0 radical (unpaired) electrons. The van der Waals surface area contributed by atoms with E-state index < -0.39 is 9.84 Å². The maximum Gasteiger partial charge on any atom is 0.226 e. The third-order valence-electron chi connectivity index (χ3n) is 3.78. The average Bonchev–Trinajstić information content (AvgIpc) is 2.26. The van der Waals surface area contributed by atoms with Gasteiger partial charge in [-0.05, 0) is 31.6 Å². The van der Waals surface area contributed by atoms with Crippen LogP contribution in [0.25, 0.3) is 0 Å². The smallest absolute Gasteiger partial charge is 0.226 e. The summed E-state index contributed by atoms with van der Waals surface area (Å²) in [5.41, 5.74) is 0. The Morgan fingerprint density at radius 3 is 2.65 bits per heavy atom. The molecule has 0 aromatic heterocycles. The van der Waals surface area contributed by atoms with Gasteiger partial charge in [-0.2, -0.15) is 0 Å². The molecule has 2 aliphatic rings. The molecule has 4 nitrogen and oxygen atoms in total. The highest BCUT2D eigenvalue weighted by atomic mass is 32.2. The molecule has 2 saturated heterocycles. The van der Waals surface area contributed by atoms with Crippen molar-refractivity contribution in [3.8, 4) is 0 Å². The van der Waals surface area contributed by atoms with Crippen molar-refractivity contribution in [2.24, 2.45) is 11.8 Å². The van der Waals surface area contributed by atoms with Crippen molar-refractivity contribution in [1.82, 2.24) is 4.90 Å². The van der Waals surface area contributed by atoms with Crippen LogP contribution in [-0.4, -0.2) is 43.8 Å². The Morgan fingerprint density at radius 1 is 1.24 bits per heavy atom. The summed E-state index contributed by atoms with van der Waals surface area (Å²) in [6.07, 6.45) is 3.60. The van der Waals surface area contributed by atoms with Crippen molar-refractivity contribution >= 4 is 15.7 Å². The van der Waals surface area contributed by atoms with E-state index in [2.05, 4.69) is 6.92 Å². The van der Waals surface area contributed by atoms with Gasteiger partial charge >= 0.3 is 0 Å². The minimum atomic E-state index is -2.98. The van der Waals surface area contributed by atoms with E-state index in [9.17, 15) is 13.2 Å². The molecular weight excluding hydrogens is 238 g/mol. The lowest BCUT2D eigenvalue weighted by Crippen LogP contribution is -2.45. The highest BCUT2D eigenvalue weighted by Crippen LogP contribution is 2.23. The Bertz CT molecular complexity index is 391. The fraction of sp³-hybridized carbons (Fsp3) is 0.917. The number of rotatable bonds is 1. The predicted molar refractivity (Wildman–Crippen MR) is 66.4 cm³/mol. The van der Waals surface area contributed by atoms with E-state index in [0.717, 1.165) is 25.9 Å². The number of likely N-dealkylation sites (tertiary alicyclic amines) is 1. The second kappa shape index (κ2) is 4.96. The Balaban J connectivity index is 1.99. The van der Waals surface area contributed by atoms with Crippen LogP contribution in [0.4, 0.5) is 0 Å². The van der Waals surface area contributed by atoms with E-state index in [4.69, 9.17) is 0 Å². The third-order valence-corrected chi connectivity index (χ3v) is 5.60. The number of hydrogen-bond acceptors (Lipinski definition) is 3. The van der Waals surface area contributed by atoms with Gasteiger partial charge in [-0.3, -0.25) is 4.79 Å². The summed E-state index contributed by atoms with van der Waals surface area (Å²) in [7, 11) is -2.98. The van der Waals surface area contributed by atoms with Crippen LogP contribution in [-0.2, 0) is 14.6 Å². The molecule has 0 aromatic carbocycles. The van der Waals surface area contributed by atoms with Crippen molar-refractivity contribution in [3.05, 3.63) is 0 Å². The topological polar surface area (TPSA) is 54.5 Å². The van der Waals surface area contributed by atoms with Crippen LogP contribution in [0.1, 0.15) is 32.6 Å². The molecule has 2 rings (SSSR count). The van der Waals surface area contributed by atoms with E-state index in [1.165, 1.54) is 6.42 Å². The second-order valence-electron chi connectivity index (χ2n) is 5.49. The van der Waals surface area contributed by atoms with E-state index in [0.29, 0.717) is 12.3 Å². The Morgan fingerprint density at radius 2 is 2.00 bits per heavy atom. The molecule has 0 spiro atoms. The number of carbonyl (C=O) groups excluding carboxylic acids is 1. The van der Waals surface area contributed by atoms with E-state index in [1.807, 2.05) is 4.90 Å². The maximum absolute atomic E-state index is 12.2. The summed E-state index contributed by atoms with van der Waals surface area (Å²) in [5.74, 6) is 0.663. The minimum absolute atomic E-state index is 0.0662. The Labute approximate surface area is 103 Å². The van der Waals surface area contributed by atoms with Crippen LogP contribution in [0.5, 0.6) is 0 Å². The van der Waals surface area contributed by atoms with Gasteiger partial charge in [-0.25, -0.2) is 8.42 Å². The normalized spacial score (nSPS) is 33.4. The van der Waals surface area contributed by atoms with Gasteiger partial charge in [-0.1, -0.05) is 6.92 Å². The minimum Gasteiger partial charge on any atom is -0.342 e. The SMILES string of the molecule is CC1CCCN(C(=O)C2CCCS(=O)(=O)C2)C1. The number of nitrogens with zero attached hydrogens (tertiary/aromatic N) is 1. The first-order valence-electron chi connectivity index (χ1n) is 6.47. The van der Waals surface area contributed by atoms with Crippen molar-refractivity contribution in [2.45, 2.75) is 32.6 Å². The standard InChI is InChI=1S/C12H21NO3S/c1-10-4-2-6-13(8-10)12(14)11-5-3-7-17(15,16)9-11/h10-11H,2-9H2,1H3. The lowest BCUT2D eigenvalue weighted by atomic mass is 9.97. The number of amides is 1. The fourth-order valence-electron chi connectivity index (χ4n) is 2.87. The Hall–Kier alpha value is -0.580. The van der Waals surface area contributed by atoms with Crippen molar-refractivity contribution in [3.63, 3.8) is 0 Å². The summed E-state index contributed by atoms with van der Waals surface area (Å²) in [4.78, 5) is 14.1. The van der Waals surface area contributed by atoms with Gasteiger partial charge in [0.2, 0.25) is 5.91 Å². The first kappa shape index (κ1) is 12.9. The van der Waals surface area contributed by atoms with Gasteiger partial charge in [0.05, 0.1) is 17.4 Å². The summed E-state index contributed by atoms with van der Waals surface area (Å²) in [6, 6.07) is 0. The zero-order chi connectivity index (χ0) is 12.5. The van der Waals surface area contributed by atoms with Gasteiger partial charge < -0.3 is 4.90 Å². The molecule has 2 heterocycles. The quantitative estimate of drug-likeness (QED) is 0.708. The largest absolute Gasteiger partial charge is 0.342 e. The van der Waals surface area contributed by atoms with Gasteiger partial charge in [0, 0.05) is 13.1 Å². The molecule has 0 bridgehead atoms. The molecule has 2 fully saturated rings. The lowest BCUT2D eigenvalue weighted by molar-refractivity contribution is -0.136. The first-order valence-corrected chi connectivity index (χ1v) is 8.29. The van der Waals surface area contributed by atoms with Crippen LogP contribution in [0, 0.1) is 11.8 Å². The number of piperidine rings is 1. The Kier molecular flexibility index (Phi) is 3.76. The highest BCUT2D eigenvalue weighted by molar-refractivity contribution is 7.91. The summed E-state index contributed by atoms with van der Waals surface area (Å²) < 4.78 is 23.1. The van der Waals surface area contributed by atoms with Crippen molar-refractivity contribution in [1.29, 1.82) is 0 Å². The zero-order valence-electron chi connectivity index (χ0n) is 10.4. The summed E-state index contributed by atoms with van der Waals surface area (Å²) in [5, 5.41) is 0. The number of carbonyl (C=O) groups is 1. The molecular formula is C12H21NO3S. The number of hydrogen-bond donors (Lipinski definition) is 0. The van der Waals surface area contributed by atoms with Crippen LogP contribution in [0.3, 0.4) is 0 Å². The van der Waals surface area contributed by atoms with Gasteiger partial charge in [0.15, 0.2) is 9.84 Å². The number of sulfone groups is 1. The van der Waals surface area contributed by atoms with Crippen LogP contribution < -0.4 is 0 Å².